The van der Waals surface area contributed by atoms with Crippen molar-refractivity contribution in [1.29, 1.82) is 0 Å². The van der Waals surface area contributed by atoms with Crippen LogP contribution in [0.4, 0.5) is 4.39 Å². The molecule has 1 atom stereocenters. The van der Waals surface area contributed by atoms with Gasteiger partial charge < -0.3 is 15.5 Å². The minimum atomic E-state index is -0.694. The molecule has 0 spiro atoms. The minimum absolute atomic E-state index is 0. The lowest BCUT2D eigenvalue weighted by Crippen LogP contribution is -2.52. The van der Waals surface area contributed by atoms with Crippen molar-refractivity contribution >= 4 is 24.2 Å². The summed E-state index contributed by atoms with van der Waals surface area (Å²) in [6.45, 7) is 1.74. The lowest BCUT2D eigenvalue weighted by molar-refractivity contribution is -0.134. The maximum atomic E-state index is 13.0. The number of piperazine rings is 1. The molecule has 0 saturated carbocycles. The number of hydrogen-bond donors (Lipinski definition) is 1. The van der Waals surface area contributed by atoms with Gasteiger partial charge in [-0.05, 0) is 29.8 Å². The van der Waals surface area contributed by atoms with Gasteiger partial charge in [-0.1, -0.05) is 30.3 Å². The molecule has 1 fully saturated rings. The summed E-state index contributed by atoms with van der Waals surface area (Å²) in [7, 11) is 0. The van der Waals surface area contributed by atoms with E-state index in [0.29, 0.717) is 31.7 Å². The zero-order valence-electron chi connectivity index (χ0n) is 14.2. The number of rotatable bonds is 3. The molecular weight excluding hydrogens is 357 g/mol. The van der Waals surface area contributed by atoms with Crippen LogP contribution >= 0.6 is 12.4 Å². The molecule has 1 saturated heterocycles. The first kappa shape index (κ1) is 19.9. The van der Waals surface area contributed by atoms with E-state index in [0.717, 1.165) is 5.56 Å². The molecule has 5 nitrogen and oxygen atoms in total. The second kappa shape index (κ2) is 8.78. The topological polar surface area (TPSA) is 66.6 Å². The highest BCUT2D eigenvalue weighted by molar-refractivity contribution is 5.94. The van der Waals surface area contributed by atoms with Crippen LogP contribution in [0.3, 0.4) is 0 Å². The van der Waals surface area contributed by atoms with Crippen LogP contribution in [0.15, 0.2) is 54.6 Å². The van der Waals surface area contributed by atoms with E-state index in [9.17, 15) is 14.0 Å². The first-order valence-corrected chi connectivity index (χ1v) is 8.20. The lowest BCUT2D eigenvalue weighted by atomic mass is 10.1. The van der Waals surface area contributed by atoms with E-state index >= 15 is 0 Å². The van der Waals surface area contributed by atoms with Gasteiger partial charge in [0.2, 0.25) is 5.91 Å². The number of carbonyl (C=O) groups excluding carboxylic acids is 2. The fourth-order valence-electron chi connectivity index (χ4n) is 2.90. The highest BCUT2D eigenvalue weighted by Gasteiger charge is 2.28. The maximum absolute atomic E-state index is 13.0. The molecule has 7 heteroatoms. The zero-order chi connectivity index (χ0) is 17.8. The Morgan fingerprint density at radius 1 is 0.885 bits per heavy atom. The van der Waals surface area contributed by atoms with Gasteiger partial charge in [-0.2, -0.15) is 0 Å². The number of carbonyl (C=O) groups is 2. The lowest BCUT2D eigenvalue weighted by Gasteiger charge is -2.36. The van der Waals surface area contributed by atoms with E-state index < -0.39 is 6.04 Å². The quantitative estimate of drug-likeness (QED) is 0.892. The van der Waals surface area contributed by atoms with Crippen molar-refractivity contribution in [2.24, 2.45) is 5.73 Å². The van der Waals surface area contributed by atoms with Crippen molar-refractivity contribution in [1.82, 2.24) is 9.80 Å². The van der Waals surface area contributed by atoms with Crippen molar-refractivity contribution in [2.45, 2.75) is 6.04 Å². The Balaban J connectivity index is 0.00000243. The summed E-state index contributed by atoms with van der Waals surface area (Å²) >= 11 is 0. The van der Waals surface area contributed by atoms with Crippen LogP contribution in [0, 0.1) is 5.82 Å². The van der Waals surface area contributed by atoms with E-state index in [2.05, 4.69) is 0 Å². The second-order valence-corrected chi connectivity index (χ2v) is 6.01. The third-order valence-electron chi connectivity index (χ3n) is 4.39. The summed E-state index contributed by atoms with van der Waals surface area (Å²) < 4.78 is 13.0. The number of nitrogens with two attached hydrogens (primary N) is 1. The molecule has 2 aromatic rings. The molecule has 2 N–H and O–H groups in total. The van der Waals surface area contributed by atoms with Crippen LogP contribution in [-0.2, 0) is 4.79 Å². The fourth-order valence-corrected chi connectivity index (χ4v) is 2.90. The Bertz CT molecular complexity index is 747. The van der Waals surface area contributed by atoms with Crippen LogP contribution in [-0.4, -0.2) is 47.8 Å². The van der Waals surface area contributed by atoms with E-state index in [1.807, 2.05) is 30.3 Å². The summed E-state index contributed by atoms with van der Waals surface area (Å²) in [5, 5.41) is 0. The molecule has 2 aromatic carbocycles. The summed E-state index contributed by atoms with van der Waals surface area (Å²) in [5.74, 6) is -0.665. The normalized spacial score (nSPS) is 15.2. The largest absolute Gasteiger partial charge is 0.337 e. The van der Waals surface area contributed by atoms with Gasteiger partial charge in [0.1, 0.15) is 11.9 Å². The van der Waals surface area contributed by atoms with Crippen molar-refractivity contribution < 1.29 is 14.0 Å². The molecule has 1 heterocycles. The predicted molar refractivity (Wildman–Crippen MR) is 99.5 cm³/mol. The van der Waals surface area contributed by atoms with E-state index in [-0.39, 0.29) is 30.0 Å². The van der Waals surface area contributed by atoms with Gasteiger partial charge in [0.05, 0.1) is 0 Å². The average molecular weight is 378 g/mol. The molecule has 1 aliphatic heterocycles. The van der Waals surface area contributed by atoms with Crippen molar-refractivity contribution in [3.63, 3.8) is 0 Å². The molecule has 0 bridgehead atoms. The molecule has 0 aliphatic carbocycles. The van der Waals surface area contributed by atoms with Gasteiger partial charge in [0.15, 0.2) is 0 Å². The Morgan fingerprint density at radius 3 is 2.00 bits per heavy atom. The molecule has 138 valence electrons. The fraction of sp³-hybridized carbons (Fsp3) is 0.263. The minimum Gasteiger partial charge on any atom is -0.337 e. The Kier molecular flexibility index (Phi) is 6.71. The summed E-state index contributed by atoms with van der Waals surface area (Å²) in [6.07, 6.45) is 0. The second-order valence-electron chi connectivity index (χ2n) is 6.01. The molecule has 26 heavy (non-hydrogen) atoms. The average Bonchev–Trinajstić information content (AvgIpc) is 2.67. The summed E-state index contributed by atoms with van der Waals surface area (Å²) in [6, 6.07) is 14.0. The Morgan fingerprint density at radius 2 is 1.42 bits per heavy atom. The molecule has 0 radical (unpaired) electrons. The first-order chi connectivity index (χ1) is 12.1. The SMILES string of the molecule is Cl.NC(C(=O)N1CCN(C(=O)c2ccc(F)cc2)CC1)c1ccccc1. The van der Waals surface area contributed by atoms with E-state index in [1.165, 1.54) is 24.3 Å². The molecular formula is C19H21ClFN3O2. The van der Waals surface area contributed by atoms with E-state index in [1.54, 1.807) is 9.80 Å². The summed E-state index contributed by atoms with van der Waals surface area (Å²) in [5.41, 5.74) is 7.28. The standard InChI is InChI=1S/C19H20FN3O2.ClH/c20-16-8-6-15(7-9-16)18(24)22-10-12-23(13-11-22)19(25)17(21)14-4-2-1-3-5-14;/h1-9,17H,10-13,21H2;1H. The predicted octanol–water partition coefficient (Wildman–Crippen LogP) is 2.23. The van der Waals surface area contributed by atoms with E-state index in [4.69, 9.17) is 5.73 Å². The zero-order valence-corrected chi connectivity index (χ0v) is 15.0. The molecule has 3 rings (SSSR count). The third-order valence-corrected chi connectivity index (χ3v) is 4.39. The van der Waals surface area contributed by atoms with Crippen LogP contribution < -0.4 is 5.73 Å². The van der Waals surface area contributed by atoms with Crippen LogP contribution in [0.5, 0.6) is 0 Å². The number of nitrogens with zero attached hydrogens (tertiary/aromatic N) is 2. The first-order valence-electron chi connectivity index (χ1n) is 8.20. The van der Waals surface area contributed by atoms with Gasteiger partial charge in [-0.25, -0.2) is 4.39 Å². The van der Waals surface area contributed by atoms with Gasteiger partial charge in [0.25, 0.3) is 5.91 Å². The maximum Gasteiger partial charge on any atom is 0.253 e. The highest BCUT2D eigenvalue weighted by atomic mass is 35.5. The van der Waals surface area contributed by atoms with Gasteiger partial charge in [-0.15, -0.1) is 12.4 Å². The van der Waals surface area contributed by atoms with Gasteiger partial charge >= 0.3 is 0 Å². The smallest absolute Gasteiger partial charge is 0.253 e. The molecule has 1 aliphatic rings. The van der Waals surface area contributed by atoms with Crippen molar-refractivity contribution in [3.8, 4) is 0 Å². The molecule has 1 unspecified atom stereocenters. The number of halogens is 2. The number of hydrogen-bond acceptors (Lipinski definition) is 3. The Hall–Kier alpha value is -2.44. The number of benzene rings is 2. The van der Waals surface area contributed by atoms with Crippen LogP contribution in [0.2, 0.25) is 0 Å². The monoisotopic (exact) mass is 377 g/mol. The number of amides is 2. The van der Waals surface area contributed by atoms with Crippen molar-refractivity contribution in [2.75, 3.05) is 26.2 Å². The molecule has 0 aromatic heterocycles. The third kappa shape index (κ3) is 4.39. The summed E-state index contributed by atoms with van der Waals surface area (Å²) in [4.78, 5) is 28.3. The van der Waals surface area contributed by atoms with Gasteiger partial charge in [-0.3, -0.25) is 9.59 Å². The van der Waals surface area contributed by atoms with Crippen LogP contribution in [0.1, 0.15) is 22.0 Å². The van der Waals surface area contributed by atoms with Crippen LogP contribution in [0.25, 0.3) is 0 Å². The van der Waals surface area contributed by atoms with Crippen molar-refractivity contribution in [3.05, 3.63) is 71.5 Å². The molecule has 2 amide bonds. The van der Waals surface area contributed by atoms with Gasteiger partial charge in [0, 0.05) is 31.7 Å². The Labute approximate surface area is 158 Å². The highest BCUT2D eigenvalue weighted by Crippen LogP contribution is 2.15.